The standard InChI is InChI=1S/C38H29BN2/c1-22-17-24(3)36-29(19-22)30-20-23(2)18-25(4)37(30)41(36)39-31-14-8-10-16-34(31)40-33-15-9-7-13-28(33)35-27-12-6-5-11-26(27)21-32(39)38(35)40/h5-21H,1-4H3. The van der Waals surface area contributed by atoms with Crippen molar-refractivity contribution in [1.82, 2.24) is 9.05 Å². The van der Waals surface area contributed by atoms with E-state index in [1.807, 2.05) is 0 Å². The molecular formula is C38H29BN2. The highest BCUT2D eigenvalue weighted by molar-refractivity contribution is 6.88. The van der Waals surface area contributed by atoms with E-state index in [-0.39, 0.29) is 6.85 Å². The maximum absolute atomic E-state index is 2.68. The Morgan fingerprint density at radius 2 is 1.12 bits per heavy atom. The maximum atomic E-state index is 2.68. The van der Waals surface area contributed by atoms with Crippen molar-refractivity contribution in [3.63, 3.8) is 0 Å². The van der Waals surface area contributed by atoms with Gasteiger partial charge in [-0.1, -0.05) is 90.0 Å². The lowest BCUT2D eigenvalue weighted by Crippen LogP contribution is -2.53. The summed E-state index contributed by atoms with van der Waals surface area (Å²) in [6.07, 6.45) is 0. The molecule has 3 heterocycles. The molecule has 9 rings (SSSR count). The quantitative estimate of drug-likeness (QED) is 0.191. The molecule has 0 aliphatic carbocycles. The molecule has 41 heavy (non-hydrogen) atoms. The molecule has 2 aromatic heterocycles. The van der Waals surface area contributed by atoms with E-state index < -0.39 is 0 Å². The van der Waals surface area contributed by atoms with Gasteiger partial charge in [0.15, 0.2) is 0 Å². The van der Waals surface area contributed by atoms with Gasteiger partial charge in [-0.05, 0) is 84.8 Å². The second-order valence-electron chi connectivity index (χ2n) is 12.1. The minimum absolute atomic E-state index is 0.0398. The molecule has 0 bridgehead atoms. The maximum Gasteiger partial charge on any atom is 0.332 e. The molecule has 0 spiro atoms. The van der Waals surface area contributed by atoms with Crippen molar-refractivity contribution in [1.29, 1.82) is 0 Å². The van der Waals surface area contributed by atoms with Crippen molar-refractivity contribution in [3.8, 4) is 5.69 Å². The lowest BCUT2D eigenvalue weighted by molar-refractivity contribution is 1.18. The smallest absolute Gasteiger partial charge is 0.332 e. The summed E-state index contributed by atoms with van der Waals surface area (Å²) in [6, 6.07) is 38.9. The Kier molecular flexibility index (Phi) is 4.44. The number of fused-ring (bicyclic) bond motifs is 10. The van der Waals surface area contributed by atoms with Crippen LogP contribution in [-0.2, 0) is 0 Å². The average Bonchev–Trinajstić information content (AvgIpc) is 3.48. The van der Waals surface area contributed by atoms with Crippen molar-refractivity contribution >= 4 is 72.2 Å². The summed E-state index contributed by atoms with van der Waals surface area (Å²) < 4.78 is 5.21. The fraction of sp³-hybridized carbons (Fsp3) is 0.105. The molecule has 0 saturated heterocycles. The second kappa shape index (κ2) is 7.92. The summed E-state index contributed by atoms with van der Waals surface area (Å²) in [5.41, 5.74) is 14.5. The van der Waals surface area contributed by atoms with E-state index in [4.69, 9.17) is 0 Å². The number of rotatable bonds is 1. The number of hydrogen-bond acceptors (Lipinski definition) is 0. The molecule has 0 amide bonds. The largest absolute Gasteiger partial charge is 0.375 e. The molecule has 8 aromatic rings. The number of benzene rings is 6. The molecule has 6 aromatic carbocycles. The van der Waals surface area contributed by atoms with Crippen LogP contribution in [0.5, 0.6) is 0 Å². The van der Waals surface area contributed by atoms with Crippen molar-refractivity contribution in [2.45, 2.75) is 27.7 Å². The second-order valence-corrected chi connectivity index (χ2v) is 12.1. The summed E-state index contributed by atoms with van der Waals surface area (Å²) in [5, 5.41) is 7.99. The molecule has 0 unspecified atom stereocenters. The highest BCUT2D eigenvalue weighted by Gasteiger charge is 2.37. The number of hydrogen-bond donors (Lipinski definition) is 0. The fourth-order valence-electron chi connectivity index (χ4n) is 8.04. The van der Waals surface area contributed by atoms with E-state index in [0.29, 0.717) is 0 Å². The van der Waals surface area contributed by atoms with Gasteiger partial charge in [-0.15, -0.1) is 0 Å². The van der Waals surface area contributed by atoms with Crippen LogP contribution in [0.2, 0.25) is 0 Å². The Bertz CT molecular complexity index is 2360. The van der Waals surface area contributed by atoms with E-state index >= 15 is 0 Å². The Balaban J connectivity index is 1.57. The predicted octanol–water partition coefficient (Wildman–Crippen LogP) is 8.25. The van der Waals surface area contributed by atoms with Crippen LogP contribution in [0.4, 0.5) is 0 Å². The normalized spacial score (nSPS) is 12.8. The minimum Gasteiger partial charge on any atom is -0.375 e. The zero-order valence-corrected chi connectivity index (χ0v) is 23.8. The first-order valence-corrected chi connectivity index (χ1v) is 14.6. The third-order valence-electron chi connectivity index (χ3n) is 9.38. The Labute approximate surface area is 239 Å². The fourth-order valence-corrected chi connectivity index (χ4v) is 8.04. The van der Waals surface area contributed by atoms with Crippen molar-refractivity contribution in [3.05, 3.63) is 125 Å². The summed E-state index contributed by atoms with van der Waals surface area (Å²) in [7, 11) is 0. The third-order valence-corrected chi connectivity index (χ3v) is 9.38. The zero-order chi connectivity index (χ0) is 27.6. The Morgan fingerprint density at radius 1 is 0.512 bits per heavy atom. The van der Waals surface area contributed by atoms with Crippen LogP contribution in [-0.4, -0.2) is 15.9 Å². The molecular weight excluding hydrogens is 495 g/mol. The highest BCUT2D eigenvalue weighted by atomic mass is 15.0. The molecule has 0 atom stereocenters. The monoisotopic (exact) mass is 524 g/mol. The first-order valence-electron chi connectivity index (χ1n) is 14.6. The first kappa shape index (κ1) is 23.0. The van der Waals surface area contributed by atoms with Gasteiger partial charge in [0.2, 0.25) is 0 Å². The van der Waals surface area contributed by atoms with Gasteiger partial charge in [-0.25, -0.2) is 0 Å². The van der Waals surface area contributed by atoms with Gasteiger partial charge in [0.05, 0.1) is 11.0 Å². The van der Waals surface area contributed by atoms with E-state index in [0.717, 1.165) is 0 Å². The van der Waals surface area contributed by atoms with Crippen molar-refractivity contribution < 1.29 is 0 Å². The average molecular weight is 524 g/mol. The molecule has 1 aliphatic rings. The van der Waals surface area contributed by atoms with E-state index in [1.165, 1.54) is 93.3 Å². The van der Waals surface area contributed by atoms with E-state index in [2.05, 4.69) is 140 Å². The molecule has 0 saturated carbocycles. The summed E-state index contributed by atoms with van der Waals surface area (Å²) in [4.78, 5) is 0. The SMILES string of the molecule is Cc1cc(C)c2c(c1)c1cc(C)cc(C)c1n2B1c2ccccc2-n2c3ccccc3c3c4ccccc4cc1c32. The van der Waals surface area contributed by atoms with Crippen LogP contribution in [0.1, 0.15) is 22.3 Å². The Morgan fingerprint density at radius 3 is 1.85 bits per heavy atom. The van der Waals surface area contributed by atoms with Crippen LogP contribution in [0.25, 0.3) is 60.1 Å². The topological polar surface area (TPSA) is 9.86 Å². The first-order chi connectivity index (χ1) is 20.0. The van der Waals surface area contributed by atoms with Crippen LogP contribution in [0.3, 0.4) is 0 Å². The lowest BCUT2D eigenvalue weighted by Gasteiger charge is -2.29. The summed E-state index contributed by atoms with van der Waals surface area (Å²) in [5.74, 6) is 0. The van der Waals surface area contributed by atoms with Crippen LogP contribution >= 0.6 is 0 Å². The third kappa shape index (κ3) is 2.88. The zero-order valence-electron chi connectivity index (χ0n) is 23.8. The van der Waals surface area contributed by atoms with Gasteiger partial charge in [-0.3, -0.25) is 0 Å². The molecule has 0 fully saturated rings. The van der Waals surface area contributed by atoms with Gasteiger partial charge in [0.1, 0.15) is 0 Å². The van der Waals surface area contributed by atoms with Gasteiger partial charge in [-0.2, -0.15) is 0 Å². The van der Waals surface area contributed by atoms with Crippen molar-refractivity contribution in [2.24, 2.45) is 0 Å². The molecule has 1 aliphatic heterocycles. The van der Waals surface area contributed by atoms with Gasteiger partial charge >= 0.3 is 6.85 Å². The van der Waals surface area contributed by atoms with Crippen molar-refractivity contribution in [2.75, 3.05) is 0 Å². The van der Waals surface area contributed by atoms with Gasteiger partial charge < -0.3 is 9.05 Å². The van der Waals surface area contributed by atoms with Crippen LogP contribution in [0, 0.1) is 27.7 Å². The highest BCUT2D eigenvalue weighted by Crippen LogP contribution is 2.40. The van der Waals surface area contributed by atoms with Gasteiger partial charge in [0, 0.05) is 38.3 Å². The number of para-hydroxylation sites is 2. The molecule has 3 heteroatoms. The molecule has 0 N–H and O–H groups in total. The lowest BCUT2D eigenvalue weighted by atomic mass is 9.48. The number of nitrogens with zero attached hydrogens (tertiary/aromatic N) is 2. The van der Waals surface area contributed by atoms with Crippen LogP contribution < -0.4 is 10.9 Å². The summed E-state index contributed by atoms with van der Waals surface area (Å²) >= 11 is 0. The molecule has 194 valence electrons. The molecule has 2 nitrogen and oxygen atoms in total. The Hall–Kier alpha value is -4.76. The minimum atomic E-state index is 0.0398. The number of aryl methyl sites for hydroxylation is 4. The van der Waals surface area contributed by atoms with Gasteiger partial charge in [0.25, 0.3) is 0 Å². The van der Waals surface area contributed by atoms with E-state index in [1.54, 1.807) is 0 Å². The summed E-state index contributed by atoms with van der Waals surface area (Å²) in [6.45, 7) is 9.06. The predicted molar refractivity (Wildman–Crippen MR) is 177 cm³/mol. The molecule has 0 radical (unpaired) electrons. The van der Waals surface area contributed by atoms with E-state index in [9.17, 15) is 0 Å². The number of aromatic nitrogens is 2. The van der Waals surface area contributed by atoms with Crippen LogP contribution in [0.15, 0.2) is 103 Å².